The summed E-state index contributed by atoms with van der Waals surface area (Å²) in [6.45, 7) is 1.98. The van der Waals surface area contributed by atoms with Gasteiger partial charge in [0.05, 0.1) is 11.6 Å². The predicted octanol–water partition coefficient (Wildman–Crippen LogP) is 5.09. The van der Waals surface area contributed by atoms with Crippen molar-refractivity contribution in [3.63, 3.8) is 0 Å². The van der Waals surface area contributed by atoms with Gasteiger partial charge in [0.15, 0.2) is 0 Å². The molecule has 1 atom stereocenters. The summed E-state index contributed by atoms with van der Waals surface area (Å²) >= 11 is 3.48. The first kappa shape index (κ1) is 16.0. The van der Waals surface area contributed by atoms with Crippen LogP contribution in [0.3, 0.4) is 0 Å². The fourth-order valence-electron chi connectivity index (χ4n) is 2.30. The van der Waals surface area contributed by atoms with Crippen LogP contribution < -0.4 is 5.32 Å². The summed E-state index contributed by atoms with van der Waals surface area (Å²) in [4.78, 5) is 0. The second-order valence-corrected chi connectivity index (χ2v) is 5.65. The van der Waals surface area contributed by atoms with E-state index >= 15 is 0 Å². The molecule has 1 nitrogen and oxygen atoms in total. The number of rotatable bonds is 3. The van der Waals surface area contributed by atoms with Crippen LogP contribution in [0.25, 0.3) is 0 Å². The molecular weight excluding hydrogens is 343 g/mol. The average molecular weight is 358 g/mol. The first-order valence-electron chi connectivity index (χ1n) is 6.44. The SMILES string of the molecule is CNC(c1ccc(C(F)(F)F)cc1)c1cccc(Br)c1C. The molecule has 0 saturated heterocycles. The highest BCUT2D eigenvalue weighted by molar-refractivity contribution is 9.10. The zero-order chi connectivity index (χ0) is 15.6. The van der Waals surface area contributed by atoms with Crippen molar-refractivity contribution in [1.82, 2.24) is 5.32 Å². The van der Waals surface area contributed by atoms with Gasteiger partial charge in [0.25, 0.3) is 0 Å². The molecule has 21 heavy (non-hydrogen) atoms. The zero-order valence-electron chi connectivity index (χ0n) is 11.6. The van der Waals surface area contributed by atoms with Crippen LogP contribution in [0.1, 0.15) is 28.3 Å². The van der Waals surface area contributed by atoms with Crippen LogP contribution in [0, 0.1) is 6.92 Å². The molecular formula is C16H15BrF3N. The van der Waals surface area contributed by atoms with Crippen LogP contribution in [0.4, 0.5) is 13.2 Å². The minimum atomic E-state index is -4.31. The van der Waals surface area contributed by atoms with E-state index in [-0.39, 0.29) is 6.04 Å². The van der Waals surface area contributed by atoms with Gasteiger partial charge in [-0.2, -0.15) is 13.2 Å². The Bertz CT molecular complexity index is 620. The molecule has 2 aromatic rings. The van der Waals surface area contributed by atoms with E-state index in [1.54, 1.807) is 7.05 Å². The van der Waals surface area contributed by atoms with E-state index in [0.717, 1.165) is 33.3 Å². The highest BCUT2D eigenvalue weighted by Crippen LogP contribution is 2.32. The maximum Gasteiger partial charge on any atom is 0.416 e. The molecule has 0 heterocycles. The van der Waals surface area contributed by atoms with Crippen molar-refractivity contribution < 1.29 is 13.2 Å². The zero-order valence-corrected chi connectivity index (χ0v) is 13.2. The van der Waals surface area contributed by atoms with Crippen LogP contribution >= 0.6 is 15.9 Å². The van der Waals surface area contributed by atoms with Crippen molar-refractivity contribution in [2.75, 3.05) is 7.05 Å². The Morgan fingerprint density at radius 1 is 1.05 bits per heavy atom. The Balaban J connectivity index is 2.40. The normalized spacial score (nSPS) is 13.2. The van der Waals surface area contributed by atoms with Gasteiger partial charge in [-0.1, -0.05) is 40.2 Å². The molecule has 0 bridgehead atoms. The highest BCUT2D eigenvalue weighted by atomic mass is 79.9. The summed E-state index contributed by atoms with van der Waals surface area (Å²) in [5.41, 5.74) is 2.27. The van der Waals surface area contributed by atoms with E-state index in [9.17, 15) is 13.2 Å². The minimum absolute atomic E-state index is 0.148. The molecule has 0 amide bonds. The number of hydrogen-bond donors (Lipinski definition) is 1. The van der Waals surface area contributed by atoms with Crippen molar-refractivity contribution in [3.8, 4) is 0 Å². The van der Waals surface area contributed by atoms with Crippen molar-refractivity contribution >= 4 is 15.9 Å². The second-order valence-electron chi connectivity index (χ2n) is 4.80. The molecule has 0 aliphatic carbocycles. The molecule has 0 aliphatic rings. The number of nitrogens with one attached hydrogen (secondary N) is 1. The molecule has 2 aromatic carbocycles. The largest absolute Gasteiger partial charge is 0.416 e. The standard InChI is InChI=1S/C16H15BrF3N/c1-10-13(4-3-5-14(10)17)15(21-2)11-6-8-12(9-7-11)16(18,19)20/h3-9,15,21H,1-2H3. The van der Waals surface area contributed by atoms with Crippen LogP contribution in [0.5, 0.6) is 0 Å². The molecule has 0 aromatic heterocycles. The van der Waals surface area contributed by atoms with Crippen molar-refractivity contribution in [2.45, 2.75) is 19.1 Å². The molecule has 0 fully saturated rings. The maximum absolute atomic E-state index is 12.6. The van der Waals surface area contributed by atoms with E-state index in [1.165, 1.54) is 12.1 Å². The van der Waals surface area contributed by atoms with Crippen molar-refractivity contribution in [2.24, 2.45) is 0 Å². The quantitative estimate of drug-likeness (QED) is 0.806. The molecule has 0 saturated carbocycles. The fraction of sp³-hybridized carbons (Fsp3) is 0.250. The number of halogens is 4. The van der Waals surface area contributed by atoms with Gasteiger partial charge in [0.2, 0.25) is 0 Å². The Labute approximate surface area is 130 Å². The predicted molar refractivity (Wildman–Crippen MR) is 81.2 cm³/mol. The van der Waals surface area contributed by atoms with Crippen molar-refractivity contribution in [3.05, 3.63) is 69.2 Å². The number of hydrogen-bond acceptors (Lipinski definition) is 1. The van der Waals surface area contributed by atoms with Gasteiger partial charge >= 0.3 is 6.18 Å². The van der Waals surface area contributed by atoms with Crippen LogP contribution in [-0.4, -0.2) is 7.05 Å². The lowest BCUT2D eigenvalue weighted by Gasteiger charge is -2.20. The monoisotopic (exact) mass is 357 g/mol. The summed E-state index contributed by atoms with van der Waals surface area (Å²) in [6, 6.07) is 11.0. The smallest absolute Gasteiger partial charge is 0.309 e. The van der Waals surface area contributed by atoms with Crippen LogP contribution in [0.2, 0.25) is 0 Å². The Morgan fingerprint density at radius 3 is 2.19 bits per heavy atom. The summed E-state index contributed by atoms with van der Waals surface area (Å²) in [5.74, 6) is 0. The van der Waals surface area contributed by atoms with Gasteiger partial charge in [-0.05, 0) is 48.9 Å². The van der Waals surface area contributed by atoms with E-state index < -0.39 is 11.7 Å². The highest BCUT2D eigenvalue weighted by Gasteiger charge is 2.30. The lowest BCUT2D eigenvalue weighted by molar-refractivity contribution is -0.137. The van der Waals surface area contributed by atoms with Crippen molar-refractivity contribution in [1.29, 1.82) is 0 Å². The minimum Gasteiger partial charge on any atom is -0.309 e. The summed E-state index contributed by atoms with van der Waals surface area (Å²) < 4.78 is 38.8. The number of alkyl halides is 3. The summed E-state index contributed by atoms with van der Waals surface area (Å²) in [7, 11) is 1.79. The topological polar surface area (TPSA) is 12.0 Å². The first-order valence-corrected chi connectivity index (χ1v) is 7.23. The molecule has 112 valence electrons. The van der Waals surface area contributed by atoms with Gasteiger partial charge in [0.1, 0.15) is 0 Å². The molecule has 1 unspecified atom stereocenters. The molecule has 2 rings (SSSR count). The average Bonchev–Trinajstić information content (AvgIpc) is 2.44. The van der Waals surface area contributed by atoms with Gasteiger partial charge in [-0.3, -0.25) is 0 Å². The molecule has 1 N–H and O–H groups in total. The van der Waals surface area contributed by atoms with Gasteiger partial charge in [0, 0.05) is 4.47 Å². The van der Waals surface area contributed by atoms with Crippen LogP contribution in [-0.2, 0) is 6.18 Å². The lowest BCUT2D eigenvalue weighted by atomic mass is 9.94. The third-order valence-corrected chi connectivity index (χ3v) is 4.34. The number of benzene rings is 2. The van der Waals surface area contributed by atoms with E-state index in [0.29, 0.717) is 0 Å². The Morgan fingerprint density at radius 2 is 1.67 bits per heavy atom. The van der Waals surface area contributed by atoms with E-state index in [1.807, 2.05) is 25.1 Å². The lowest BCUT2D eigenvalue weighted by Crippen LogP contribution is -2.19. The molecule has 0 radical (unpaired) electrons. The molecule has 0 aliphatic heterocycles. The third kappa shape index (κ3) is 3.47. The molecule has 5 heteroatoms. The maximum atomic E-state index is 12.6. The van der Waals surface area contributed by atoms with E-state index in [4.69, 9.17) is 0 Å². The van der Waals surface area contributed by atoms with Crippen LogP contribution in [0.15, 0.2) is 46.9 Å². The van der Waals surface area contributed by atoms with Gasteiger partial charge in [-0.15, -0.1) is 0 Å². The summed E-state index contributed by atoms with van der Waals surface area (Å²) in [5, 5.41) is 3.16. The Kier molecular flexibility index (Phi) is 4.74. The second kappa shape index (κ2) is 6.20. The third-order valence-electron chi connectivity index (χ3n) is 3.48. The van der Waals surface area contributed by atoms with Gasteiger partial charge < -0.3 is 5.32 Å². The van der Waals surface area contributed by atoms with E-state index in [2.05, 4.69) is 21.2 Å². The Hall–Kier alpha value is -1.33. The van der Waals surface area contributed by atoms with Gasteiger partial charge in [-0.25, -0.2) is 0 Å². The molecule has 0 spiro atoms. The first-order chi connectivity index (χ1) is 9.84. The fourth-order valence-corrected chi connectivity index (χ4v) is 2.68. The summed E-state index contributed by atoms with van der Waals surface area (Å²) in [6.07, 6.45) is -4.31.